The van der Waals surface area contributed by atoms with Crippen molar-refractivity contribution in [2.45, 2.75) is 13.3 Å². The maximum Gasteiger partial charge on any atom is 0.164 e. The third-order valence-electron chi connectivity index (χ3n) is 2.19. The molecule has 0 spiro atoms. The summed E-state index contributed by atoms with van der Waals surface area (Å²) in [5.41, 5.74) is 0.744. The van der Waals surface area contributed by atoms with Crippen molar-refractivity contribution in [3.63, 3.8) is 0 Å². The fraction of sp³-hybridized carbons (Fsp3) is 0.417. The van der Waals surface area contributed by atoms with Crippen LogP contribution < -0.4 is 10.1 Å². The van der Waals surface area contributed by atoms with Gasteiger partial charge >= 0.3 is 0 Å². The van der Waals surface area contributed by atoms with Gasteiger partial charge in [-0.2, -0.15) is 0 Å². The van der Waals surface area contributed by atoms with Crippen molar-refractivity contribution in [1.29, 1.82) is 0 Å². The lowest BCUT2D eigenvalue weighted by Crippen LogP contribution is -2.17. The first-order valence-corrected chi connectivity index (χ1v) is 5.16. The summed E-state index contributed by atoms with van der Waals surface area (Å²) in [6, 6.07) is 7.21. The minimum atomic E-state index is 0.165. The predicted molar refractivity (Wildman–Crippen MR) is 60.5 cm³/mol. The number of carbonyl (C=O) groups excluding carboxylic acids is 1. The Hall–Kier alpha value is -1.35. The summed E-state index contributed by atoms with van der Waals surface area (Å²) in [5, 5.41) is 3.13. The molecule has 1 aromatic rings. The second kappa shape index (κ2) is 6.19. The van der Waals surface area contributed by atoms with Crippen LogP contribution in [-0.4, -0.2) is 26.0 Å². The molecule has 3 nitrogen and oxygen atoms in total. The zero-order valence-corrected chi connectivity index (χ0v) is 9.25. The molecule has 0 heterocycles. The van der Waals surface area contributed by atoms with Gasteiger partial charge in [0.25, 0.3) is 0 Å². The molecule has 0 atom stereocenters. The van der Waals surface area contributed by atoms with Gasteiger partial charge in [-0.1, -0.05) is 6.92 Å². The average molecular weight is 207 g/mol. The van der Waals surface area contributed by atoms with E-state index in [1.54, 1.807) is 31.4 Å². The zero-order valence-electron chi connectivity index (χ0n) is 9.25. The normalized spacial score (nSPS) is 10.0. The first-order chi connectivity index (χ1) is 7.27. The lowest BCUT2D eigenvalue weighted by molar-refractivity contribution is 0.0983. The number of Topliss-reactive ketones (excluding diaryl/α,β-unsaturated/α-hetero) is 1. The maximum atomic E-state index is 11.6. The van der Waals surface area contributed by atoms with Crippen LogP contribution in [0.4, 0.5) is 0 Å². The summed E-state index contributed by atoms with van der Waals surface area (Å²) in [6.07, 6.45) is 0.542. The molecule has 0 radical (unpaired) electrons. The van der Waals surface area contributed by atoms with Gasteiger partial charge in [-0.05, 0) is 30.8 Å². The van der Waals surface area contributed by atoms with Gasteiger partial charge in [0, 0.05) is 18.5 Å². The van der Waals surface area contributed by atoms with Crippen molar-refractivity contribution in [1.82, 2.24) is 5.32 Å². The van der Waals surface area contributed by atoms with Gasteiger partial charge in [0.05, 0.1) is 7.11 Å². The minimum Gasteiger partial charge on any atom is -0.497 e. The fourth-order valence-corrected chi connectivity index (χ4v) is 1.30. The molecule has 0 aliphatic heterocycles. The van der Waals surface area contributed by atoms with Gasteiger partial charge in [0.2, 0.25) is 0 Å². The molecule has 1 aromatic carbocycles. The van der Waals surface area contributed by atoms with Crippen molar-refractivity contribution >= 4 is 5.78 Å². The van der Waals surface area contributed by atoms with E-state index >= 15 is 0 Å². The average Bonchev–Trinajstić information content (AvgIpc) is 2.29. The fourth-order valence-electron chi connectivity index (χ4n) is 1.30. The molecule has 0 aliphatic rings. The number of methoxy groups -OCH3 is 1. The van der Waals surface area contributed by atoms with E-state index in [0.29, 0.717) is 6.42 Å². The van der Waals surface area contributed by atoms with Crippen molar-refractivity contribution in [2.24, 2.45) is 0 Å². The molecule has 0 amide bonds. The summed E-state index contributed by atoms with van der Waals surface area (Å²) in [4.78, 5) is 11.6. The maximum absolute atomic E-state index is 11.6. The highest BCUT2D eigenvalue weighted by molar-refractivity contribution is 5.96. The largest absolute Gasteiger partial charge is 0.497 e. The van der Waals surface area contributed by atoms with E-state index in [1.165, 1.54) is 0 Å². The Balaban J connectivity index is 2.50. The number of carbonyl (C=O) groups is 1. The number of benzene rings is 1. The molecule has 0 bridgehead atoms. The highest BCUT2D eigenvalue weighted by Crippen LogP contribution is 2.12. The van der Waals surface area contributed by atoms with E-state index < -0.39 is 0 Å². The van der Waals surface area contributed by atoms with Crippen LogP contribution in [0.5, 0.6) is 5.75 Å². The monoisotopic (exact) mass is 207 g/mol. The third-order valence-corrected chi connectivity index (χ3v) is 2.19. The van der Waals surface area contributed by atoms with Gasteiger partial charge in [-0.15, -0.1) is 0 Å². The lowest BCUT2D eigenvalue weighted by Gasteiger charge is -2.03. The van der Waals surface area contributed by atoms with Crippen molar-refractivity contribution in [2.75, 3.05) is 20.2 Å². The van der Waals surface area contributed by atoms with Crippen LogP contribution in [0.1, 0.15) is 23.7 Å². The number of nitrogens with one attached hydrogen (secondary N) is 1. The Morgan fingerprint density at radius 1 is 1.33 bits per heavy atom. The topological polar surface area (TPSA) is 38.3 Å². The molecular formula is C12H17NO2. The Morgan fingerprint density at radius 2 is 2.00 bits per heavy atom. The lowest BCUT2D eigenvalue weighted by atomic mass is 10.1. The van der Waals surface area contributed by atoms with Crippen LogP contribution in [0.2, 0.25) is 0 Å². The molecule has 1 rings (SSSR count). The molecule has 0 fully saturated rings. The Bertz CT molecular complexity index is 306. The van der Waals surface area contributed by atoms with Gasteiger partial charge in [0.15, 0.2) is 5.78 Å². The van der Waals surface area contributed by atoms with Gasteiger partial charge in [-0.25, -0.2) is 0 Å². The quantitative estimate of drug-likeness (QED) is 0.571. The molecule has 0 aliphatic carbocycles. The molecule has 3 heteroatoms. The second-order valence-corrected chi connectivity index (χ2v) is 3.26. The van der Waals surface area contributed by atoms with Crippen molar-refractivity contribution in [3.05, 3.63) is 29.8 Å². The van der Waals surface area contributed by atoms with Crippen LogP contribution in [-0.2, 0) is 0 Å². The van der Waals surface area contributed by atoms with E-state index in [1.807, 2.05) is 6.92 Å². The minimum absolute atomic E-state index is 0.165. The highest BCUT2D eigenvalue weighted by atomic mass is 16.5. The van der Waals surface area contributed by atoms with E-state index in [9.17, 15) is 4.79 Å². The number of ketones is 1. The van der Waals surface area contributed by atoms with Crippen LogP contribution in [0.25, 0.3) is 0 Å². The van der Waals surface area contributed by atoms with E-state index in [4.69, 9.17) is 4.74 Å². The third kappa shape index (κ3) is 3.72. The van der Waals surface area contributed by atoms with Crippen LogP contribution in [0.15, 0.2) is 24.3 Å². The zero-order chi connectivity index (χ0) is 11.1. The number of hydrogen-bond donors (Lipinski definition) is 1. The Kier molecular flexibility index (Phi) is 4.84. The highest BCUT2D eigenvalue weighted by Gasteiger charge is 2.04. The van der Waals surface area contributed by atoms with Crippen LogP contribution in [0.3, 0.4) is 0 Å². The summed E-state index contributed by atoms with van der Waals surface area (Å²) in [7, 11) is 1.61. The van der Waals surface area contributed by atoms with Crippen LogP contribution >= 0.6 is 0 Å². The molecule has 0 aromatic heterocycles. The van der Waals surface area contributed by atoms with Crippen molar-refractivity contribution < 1.29 is 9.53 Å². The number of hydrogen-bond acceptors (Lipinski definition) is 3. The molecular weight excluding hydrogens is 190 g/mol. The van der Waals surface area contributed by atoms with E-state index in [-0.39, 0.29) is 5.78 Å². The molecule has 82 valence electrons. The summed E-state index contributed by atoms with van der Waals surface area (Å²) < 4.78 is 5.02. The SMILES string of the molecule is CCNCCC(=O)c1ccc(OC)cc1. The first kappa shape index (κ1) is 11.7. The standard InChI is InChI=1S/C12H17NO2/c1-3-13-9-8-12(14)10-4-6-11(15-2)7-5-10/h4-7,13H,3,8-9H2,1-2H3. The number of ether oxygens (including phenoxy) is 1. The predicted octanol–water partition coefficient (Wildman–Crippen LogP) is 1.88. The molecule has 0 unspecified atom stereocenters. The molecule has 0 saturated carbocycles. The Morgan fingerprint density at radius 3 is 2.53 bits per heavy atom. The molecule has 15 heavy (non-hydrogen) atoms. The smallest absolute Gasteiger partial charge is 0.164 e. The van der Waals surface area contributed by atoms with Gasteiger partial charge in [0.1, 0.15) is 5.75 Å². The first-order valence-electron chi connectivity index (χ1n) is 5.16. The summed E-state index contributed by atoms with van der Waals surface area (Å²) in [6.45, 7) is 3.66. The Labute approximate surface area is 90.4 Å². The van der Waals surface area contributed by atoms with Gasteiger partial charge < -0.3 is 10.1 Å². The number of rotatable bonds is 6. The summed E-state index contributed by atoms with van der Waals surface area (Å²) in [5.74, 6) is 0.942. The summed E-state index contributed by atoms with van der Waals surface area (Å²) >= 11 is 0. The van der Waals surface area contributed by atoms with E-state index in [0.717, 1.165) is 24.4 Å². The second-order valence-electron chi connectivity index (χ2n) is 3.26. The van der Waals surface area contributed by atoms with Crippen LogP contribution in [0, 0.1) is 0 Å². The van der Waals surface area contributed by atoms with Crippen molar-refractivity contribution in [3.8, 4) is 5.75 Å². The van der Waals surface area contributed by atoms with Gasteiger partial charge in [-0.3, -0.25) is 4.79 Å². The molecule has 0 saturated heterocycles. The molecule has 1 N–H and O–H groups in total. The van der Waals surface area contributed by atoms with E-state index in [2.05, 4.69) is 5.32 Å².